The minimum atomic E-state index is -0.702. The van der Waals surface area contributed by atoms with E-state index in [9.17, 15) is 14.4 Å². The van der Waals surface area contributed by atoms with Crippen molar-refractivity contribution in [3.05, 3.63) is 100 Å². The summed E-state index contributed by atoms with van der Waals surface area (Å²) in [5.74, 6) is -1.33. The second-order valence-electron chi connectivity index (χ2n) is 7.25. The molecule has 1 saturated heterocycles. The van der Waals surface area contributed by atoms with Crippen LogP contribution in [0.3, 0.4) is 0 Å². The molecule has 31 heavy (non-hydrogen) atoms. The van der Waals surface area contributed by atoms with E-state index in [0.717, 1.165) is 20.9 Å². The number of para-hydroxylation sites is 2. The fourth-order valence-electron chi connectivity index (χ4n) is 3.51. The van der Waals surface area contributed by atoms with E-state index in [0.29, 0.717) is 22.0 Å². The highest BCUT2D eigenvalue weighted by atomic mass is 35.5. The number of halogens is 1. The molecule has 154 valence electrons. The molecule has 3 aromatic carbocycles. The maximum absolute atomic E-state index is 13.5. The van der Waals surface area contributed by atoms with Crippen molar-refractivity contribution in [2.24, 2.45) is 0 Å². The van der Waals surface area contributed by atoms with Gasteiger partial charge in [0, 0.05) is 5.02 Å². The summed E-state index contributed by atoms with van der Waals surface area (Å²) in [6.45, 7) is 3.63. The second kappa shape index (κ2) is 8.20. The number of nitrogens with zero attached hydrogens (tertiary/aromatic N) is 2. The van der Waals surface area contributed by atoms with Gasteiger partial charge in [-0.25, -0.2) is 14.6 Å². The number of aryl methyl sites for hydroxylation is 2. The average Bonchev–Trinajstić information content (AvgIpc) is 2.75. The van der Waals surface area contributed by atoms with Crippen LogP contribution in [0, 0.1) is 13.8 Å². The van der Waals surface area contributed by atoms with Crippen molar-refractivity contribution in [1.29, 1.82) is 0 Å². The van der Waals surface area contributed by atoms with Gasteiger partial charge in [0.15, 0.2) is 0 Å². The molecule has 1 aliphatic rings. The Morgan fingerprint density at radius 2 is 1.13 bits per heavy atom. The second-order valence-corrected chi connectivity index (χ2v) is 7.68. The summed E-state index contributed by atoms with van der Waals surface area (Å²) in [6.07, 6.45) is 1.49. The monoisotopic (exact) mass is 430 g/mol. The van der Waals surface area contributed by atoms with Crippen LogP contribution < -0.4 is 9.80 Å². The first-order valence-electron chi connectivity index (χ1n) is 9.70. The lowest BCUT2D eigenvalue weighted by molar-refractivity contribution is -0.121. The number of carbonyl (C=O) groups excluding carboxylic acids is 3. The number of anilines is 2. The van der Waals surface area contributed by atoms with Crippen LogP contribution in [0.15, 0.2) is 78.4 Å². The molecule has 5 nitrogen and oxygen atoms in total. The van der Waals surface area contributed by atoms with Gasteiger partial charge in [-0.1, -0.05) is 60.1 Å². The number of rotatable bonds is 3. The zero-order valence-electron chi connectivity index (χ0n) is 17.0. The average molecular weight is 431 g/mol. The number of hydrogen-bond acceptors (Lipinski definition) is 3. The van der Waals surface area contributed by atoms with Gasteiger partial charge in [0.05, 0.1) is 11.4 Å². The van der Waals surface area contributed by atoms with Gasteiger partial charge in [0.2, 0.25) is 0 Å². The summed E-state index contributed by atoms with van der Waals surface area (Å²) in [5.41, 5.74) is 2.89. The largest absolute Gasteiger partial charge is 0.343 e. The summed E-state index contributed by atoms with van der Waals surface area (Å²) >= 11 is 5.96. The summed E-state index contributed by atoms with van der Waals surface area (Å²) in [5, 5.41) is 0.543. The number of barbiturate groups is 1. The van der Waals surface area contributed by atoms with Crippen molar-refractivity contribution in [3.63, 3.8) is 0 Å². The first kappa shape index (κ1) is 20.6. The van der Waals surface area contributed by atoms with Gasteiger partial charge in [-0.15, -0.1) is 0 Å². The lowest BCUT2D eigenvalue weighted by Gasteiger charge is -2.35. The Morgan fingerprint density at radius 1 is 0.677 bits per heavy atom. The molecule has 1 fully saturated rings. The number of imide groups is 2. The fourth-order valence-corrected chi connectivity index (χ4v) is 3.63. The van der Waals surface area contributed by atoms with Crippen LogP contribution in [-0.2, 0) is 9.59 Å². The Hall–Kier alpha value is -3.70. The molecule has 0 aliphatic carbocycles. The molecule has 3 aromatic rings. The number of carbonyl (C=O) groups is 3. The van der Waals surface area contributed by atoms with Crippen LogP contribution >= 0.6 is 11.6 Å². The molecule has 0 unspecified atom stereocenters. The Balaban J connectivity index is 1.91. The Labute approximate surface area is 185 Å². The van der Waals surface area contributed by atoms with E-state index in [1.54, 1.807) is 48.5 Å². The molecule has 1 aliphatic heterocycles. The van der Waals surface area contributed by atoms with Crippen molar-refractivity contribution < 1.29 is 14.4 Å². The summed E-state index contributed by atoms with van der Waals surface area (Å²) < 4.78 is 0. The van der Waals surface area contributed by atoms with Gasteiger partial charge in [0.25, 0.3) is 11.8 Å². The summed E-state index contributed by atoms with van der Waals surface area (Å²) in [7, 11) is 0. The quantitative estimate of drug-likeness (QED) is 0.405. The predicted octanol–water partition coefficient (Wildman–Crippen LogP) is 5.54. The molecule has 0 N–H and O–H groups in total. The van der Waals surface area contributed by atoms with E-state index in [4.69, 9.17) is 11.6 Å². The van der Waals surface area contributed by atoms with Crippen molar-refractivity contribution in [3.8, 4) is 0 Å². The van der Waals surface area contributed by atoms with Crippen molar-refractivity contribution in [2.45, 2.75) is 13.8 Å². The van der Waals surface area contributed by atoms with Gasteiger partial charge in [-0.2, -0.15) is 0 Å². The van der Waals surface area contributed by atoms with E-state index in [-0.39, 0.29) is 5.57 Å². The molecule has 0 saturated carbocycles. The van der Waals surface area contributed by atoms with Crippen LogP contribution in [0.1, 0.15) is 16.7 Å². The van der Waals surface area contributed by atoms with Crippen molar-refractivity contribution in [1.82, 2.24) is 0 Å². The molecule has 0 radical (unpaired) electrons. The molecule has 4 rings (SSSR count). The van der Waals surface area contributed by atoms with E-state index in [1.165, 1.54) is 6.08 Å². The molecule has 0 bridgehead atoms. The molecular weight excluding hydrogens is 412 g/mol. The number of benzene rings is 3. The Bertz CT molecular complexity index is 1160. The van der Waals surface area contributed by atoms with E-state index in [1.807, 2.05) is 38.1 Å². The molecule has 0 aromatic heterocycles. The Kier molecular flexibility index (Phi) is 5.44. The first-order valence-corrected chi connectivity index (χ1v) is 10.1. The highest BCUT2D eigenvalue weighted by Crippen LogP contribution is 2.32. The number of urea groups is 1. The topological polar surface area (TPSA) is 57.7 Å². The van der Waals surface area contributed by atoms with Gasteiger partial charge < -0.3 is 0 Å². The van der Waals surface area contributed by atoms with Crippen molar-refractivity contribution >= 4 is 46.9 Å². The maximum Gasteiger partial charge on any atom is 0.343 e. The van der Waals surface area contributed by atoms with Crippen LogP contribution in [0.4, 0.5) is 16.2 Å². The summed E-state index contributed by atoms with van der Waals surface area (Å²) in [4.78, 5) is 42.4. The van der Waals surface area contributed by atoms with Gasteiger partial charge in [-0.3, -0.25) is 9.59 Å². The lowest BCUT2D eigenvalue weighted by atomic mass is 10.0. The van der Waals surface area contributed by atoms with Crippen LogP contribution in [0.2, 0.25) is 5.02 Å². The third kappa shape index (κ3) is 3.76. The molecular formula is C25H19ClN2O3. The normalized spacial score (nSPS) is 14.3. The standard InChI is InChI=1S/C25H19ClN2O3/c1-16-7-3-5-9-21(16)27-23(29)20(15-18-11-13-19(26)14-12-18)24(30)28(25(27)31)22-10-6-4-8-17(22)2/h3-15H,1-2H3. The molecule has 4 amide bonds. The van der Waals surface area contributed by atoms with Crippen LogP contribution in [0.5, 0.6) is 0 Å². The summed E-state index contributed by atoms with van der Waals surface area (Å²) in [6, 6.07) is 20.2. The zero-order chi connectivity index (χ0) is 22.1. The van der Waals surface area contributed by atoms with Crippen LogP contribution in [-0.4, -0.2) is 17.8 Å². The van der Waals surface area contributed by atoms with E-state index in [2.05, 4.69) is 0 Å². The van der Waals surface area contributed by atoms with Crippen molar-refractivity contribution in [2.75, 3.05) is 9.80 Å². The van der Waals surface area contributed by atoms with Gasteiger partial charge >= 0.3 is 6.03 Å². The maximum atomic E-state index is 13.5. The SMILES string of the molecule is Cc1ccccc1N1C(=O)C(=Cc2ccc(Cl)cc2)C(=O)N(c2ccccc2C)C1=O. The van der Waals surface area contributed by atoms with E-state index < -0.39 is 17.8 Å². The fraction of sp³-hybridized carbons (Fsp3) is 0.0800. The third-order valence-corrected chi connectivity index (χ3v) is 5.40. The predicted molar refractivity (Wildman–Crippen MR) is 122 cm³/mol. The van der Waals surface area contributed by atoms with E-state index >= 15 is 0 Å². The third-order valence-electron chi connectivity index (χ3n) is 5.14. The molecule has 1 heterocycles. The molecule has 0 spiro atoms. The molecule has 0 atom stereocenters. The lowest BCUT2D eigenvalue weighted by Crippen LogP contribution is -2.57. The minimum absolute atomic E-state index is 0.103. The number of amides is 4. The van der Waals surface area contributed by atoms with Gasteiger partial charge in [0.1, 0.15) is 5.57 Å². The van der Waals surface area contributed by atoms with Gasteiger partial charge in [-0.05, 0) is 60.9 Å². The van der Waals surface area contributed by atoms with Crippen LogP contribution in [0.25, 0.3) is 6.08 Å². The highest BCUT2D eigenvalue weighted by Gasteiger charge is 2.44. The minimum Gasteiger partial charge on any atom is -0.268 e. The zero-order valence-corrected chi connectivity index (χ0v) is 17.8. The number of hydrogen-bond donors (Lipinski definition) is 0. The smallest absolute Gasteiger partial charge is 0.268 e. The molecule has 6 heteroatoms. The highest BCUT2D eigenvalue weighted by molar-refractivity contribution is 6.46. The Morgan fingerprint density at radius 3 is 1.58 bits per heavy atom. The first-order chi connectivity index (χ1) is 14.9.